The molecule has 1 rings (SSSR count). The minimum Gasteiger partial charge on any atom is -0.383 e. The number of rotatable bonds is 5. The number of hydrogen-bond donors (Lipinski definition) is 2. The van der Waals surface area contributed by atoms with E-state index in [1.54, 1.807) is 0 Å². The van der Waals surface area contributed by atoms with E-state index in [1.165, 1.54) is 31.4 Å². The molecule has 20 heavy (non-hydrogen) atoms. The van der Waals surface area contributed by atoms with Crippen LogP contribution in [-0.2, 0) is 16.0 Å². The van der Waals surface area contributed by atoms with Gasteiger partial charge in [0.1, 0.15) is 6.04 Å². The normalized spacial score (nSPS) is 12.4. The van der Waals surface area contributed by atoms with Crippen molar-refractivity contribution < 1.29 is 22.7 Å². The Bertz CT molecular complexity index is 441. The molecule has 0 spiro atoms. The van der Waals surface area contributed by atoms with E-state index in [0.29, 0.717) is 0 Å². The third kappa shape index (κ3) is 6.23. The SMILES string of the molecule is COCC(N)C(=O)Nc1ccccc1CC(F)(F)F.Cl. The van der Waals surface area contributed by atoms with Crippen LogP contribution in [0.1, 0.15) is 5.56 Å². The lowest BCUT2D eigenvalue weighted by Crippen LogP contribution is -2.39. The fourth-order valence-electron chi connectivity index (χ4n) is 1.49. The highest BCUT2D eigenvalue weighted by molar-refractivity contribution is 5.95. The summed E-state index contributed by atoms with van der Waals surface area (Å²) in [6.07, 6.45) is -5.45. The van der Waals surface area contributed by atoms with Crippen molar-refractivity contribution in [2.24, 2.45) is 5.73 Å². The summed E-state index contributed by atoms with van der Waals surface area (Å²) in [6.45, 7) is -0.00668. The molecule has 0 heterocycles. The molecule has 1 aromatic carbocycles. The molecule has 4 nitrogen and oxygen atoms in total. The number of nitrogens with two attached hydrogens (primary N) is 1. The molecule has 0 fully saturated rings. The molecule has 0 aliphatic carbocycles. The zero-order valence-electron chi connectivity index (χ0n) is 10.7. The average Bonchev–Trinajstić information content (AvgIpc) is 2.30. The largest absolute Gasteiger partial charge is 0.393 e. The Balaban J connectivity index is 0.00000361. The van der Waals surface area contributed by atoms with E-state index in [1.807, 2.05) is 0 Å². The van der Waals surface area contributed by atoms with Crippen molar-refractivity contribution >= 4 is 24.0 Å². The summed E-state index contributed by atoms with van der Waals surface area (Å²) >= 11 is 0. The van der Waals surface area contributed by atoms with Crippen molar-refractivity contribution in [2.75, 3.05) is 19.0 Å². The summed E-state index contributed by atoms with van der Waals surface area (Å²) in [7, 11) is 1.38. The first kappa shape index (κ1) is 18.7. The van der Waals surface area contributed by atoms with Crippen LogP contribution in [0.2, 0.25) is 0 Å². The number of anilines is 1. The molecule has 1 atom stereocenters. The van der Waals surface area contributed by atoms with Crippen molar-refractivity contribution in [3.63, 3.8) is 0 Å². The Morgan fingerprint density at radius 3 is 2.55 bits per heavy atom. The van der Waals surface area contributed by atoms with E-state index in [9.17, 15) is 18.0 Å². The number of carbonyl (C=O) groups excluding carboxylic acids is 1. The van der Waals surface area contributed by atoms with Crippen molar-refractivity contribution in [2.45, 2.75) is 18.6 Å². The number of halogens is 4. The van der Waals surface area contributed by atoms with Gasteiger partial charge in [0.15, 0.2) is 0 Å². The molecule has 0 saturated heterocycles. The van der Waals surface area contributed by atoms with E-state index in [4.69, 9.17) is 10.5 Å². The van der Waals surface area contributed by atoms with E-state index in [2.05, 4.69) is 5.32 Å². The fraction of sp³-hybridized carbons (Fsp3) is 0.417. The molecule has 1 amide bonds. The molecule has 0 bridgehead atoms. The third-order valence-corrected chi connectivity index (χ3v) is 2.35. The number of benzene rings is 1. The van der Waals surface area contributed by atoms with Crippen LogP contribution < -0.4 is 11.1 Å². The second kappa shape index (κ2) is 8.08. The van der Waals surface area contributed by atoms with Gasteiger partial charge in [-0.05, 0) is 11.6 Å². The van der Waals surface area contributed by atoms with Crippen LogP contribution in [0.4, 0.5) is 18.9 Å². The lowest BCUT2D eigenvalue weighted by molar-refractivity contribution is -0.127. The highest BCUT2D eigenvalue weighted by Crippen LogP contribution is 2.26. The number of para-hydroxylation sites is 1. The predicted octanol–water partition coefficient (Wildman–Crippen LogP) is 2.13. The van der Waals surface area contributed by atoms with Crippen molar-refractivity contribution in [3.05, 3.63) is 29.8 Å². The monoisotopic (exact) mass is 312 g/mol. The molecule has 0 aliphatic heterocycles. The van der Waals surface area contributed by atoms with Gasteiger partial charge in [-0.15, -0.1) is 12.4 Å². The Kier molecular flexibility index (Phi) is 7.55. The maximum atomic E-state index is 12.4. The Morgan fingerprint density at radius 2 is 2.00 bits per heavy atom. The van der Waals surface area contributed by atoms with Crippen LogP contribution in [0.25, 0.3) is 0 Å². The van der Waals surface area contributed by atoms with Crippen molar-refractivity contribution in [3.8, 4) is 0 Å². The maximum absolute atomic E-state index is 12.4. The molecule has 0 radical (unpaired) electrons. The zero-order valence-corrected chi connectivity index (χ0v) is 11.6. The highest BCUT2D eigenvalue weighted by Gasteiger charge is 2.29. The third-order valence-electron chi connectivity index (χ3n) is 2.35. The number of methoxy groups -OCH3 is 1. The van der Waals surface area contributed by atoms with E-state index >= 15 is 0 Å². The molecule has 0 aliphatic rings. The summed E-state index contributed by atoms with van der Waals surface area (Å²) in [5.41, 5.74) is 5.59. The van der Waals surface area contributed by atoms with E-state index in [-0.39, 0.29) is 30.3 Å². The smallest absolute Gasteiger partial charge is 0.383 e. The molecular weight excluding hydrogens is 297 g/mol. The minimum atomic E-state index is -4.34. The second-order valence-electron chi connectivity index (χ2n) is 4.00. The van der Waals surface area contributed by atoms with Crippen LogP contribution in [0, 0.1) is 0 Å². The van der Waals surface area contributed by atoms with Gasteiger partial charge in [-0.2, -0.15) is 13.2 Å². The van der Waals surface area contributed by atoms with Gasteiger partial charge in [-0.1, -0.05) is 18.2 Å². The first-order valence-electron chi connectivity index (χ1n) is 5.53. The number of hydrogen-bond acceptors (Lipinski definition) is 3. The van der Waals surface area contributed by atoms with Gasteiger partial charge in [-0.25, -0.2) is 0 Å². The molecule has 1 aromatic rings. The van der Waals surface area contributed by atoms with Gasteiger partial charge in [0.25, 0.3) is 0 Å². The Labute approximate surface area is 120 Å². The second-order valence-corrected chi connectivity index (χ2v) is 4.00. The summed E-state index contributed by atoms with van der Waals surface area (Å²) in [6, 6.07) is 4.80. The molecule has 1 unspecified atom stereocenters. The lowest BCUT2D eigenvalue weighted by atomic mass is 10.1. The average molecular weight is 313 g/mol. The number of nitrogens with one attached hydrogen (secondary N) is 1. The van der Waals surface area contributed by atoms with Crippen LogP contribution in [-0.4, -0.2) is 31.8 Å². The molecule has 114 valence electrons. The van der Waals surface area contributed by atoms with E-state index in [0.717, 1.165) is 0 Å². The molecule has 0 aromatic heterocycles. The predicted molar refractivity (Wildman–Crippen MR) is 71.9 cm³/mol. The van der Waals surface area contributed by atoms with Gasteiger partial charge in [-0.3, -0.25) is 4.79 Å². The van der Waals surface area contributed by atoms with Gasteiger partial charge >= 0.3 is 6.18 Å². The van der Waals surface area contributed by atoms with Gasteiger partial charge < -0.3 is 15.8 Å². The fourth-order valence-corrected chi connectivity index (χ4v) is 1.49. The van der Waals surface area contributed by atoms with Crippen LogP contribution in [0.15, 0.2) is 24.3 Å². The van der Waals surface area contributed by atoms with Crippen LogP contribution in [0.3, 0.4) is 0 Å². The zero-order chi connectivity index (χ0) is 14.5. The van der Waals surface area contributed by atoms with Crippen molar-refractivity contribution in [1.82, 2.24) is 0 Å². The van der Waals surface area contributed by atoms with Gasteiger partial charge in [0.2, 0.25) is 5.91 Å². The van der Waals surface area contributed by atoms with Gasteiger partial charge in [0, 0.05) is 12.8 Å². The molecule has 3 N–H and O–H groups in total. The van der Waals surface area contributed by atoms with Crippen LogP contribution >= 0.6 is 12.4 Å². The summed E-state index contributed by atoms with van der Waals surface area (Å²) in [4.78, 5) is 11.6. The quantitative estimate of drug-likeness (QED) is 0.875. The number of alkyl halides is 3. The highest BCUT2D eigenvalue weighted by atomic mass is 35.5. The summed E-state index contributed by atoms with van der Waals surface area (Å²) in [5, 5.41) is 2.37. The maximum Gasteiger partial charge on any atom is 0.393 e. The standard InChI is InChI=1S/C12H15F3N2O2.ClH/c1-19-7-9(16)11(18)17-10-5-3-2-4-8(10)6-12(13,14)15;/h2-5,9H,6-7,16H2,1H3,(H,17,18);1H. The summed E-state index contributed by atoms with van der Waals surface area (Å²) < 4.78 is 41.8. The number of carbonyl (C=O) groups is 1. The Hall–Kier alpha value is -1.31. The Morgan fingerprint density at radius 1 is 1.40 bits per heavy atom. The molecule has 8 heteroatoms. The molecule has 0 saturated carbocycles. The first-order valence-corrected chi connectivity index (χ1v) is 5.53. The van der Waals surface area contributed by atoms with Crippen molar-refractivity contribution in [1.29, 1.82) is 0 Å². The summed E-state index contributed by atoms with van der Waals surface area (Å²) in [5.74, 6) is -0.587. The number of amides is 1. The van der Waals surface area contributed by atoms with E-state index < -0.39 is 24.5 Å². The van der Waals surface area contributed by atoms with Crippen LogP contribution in [0.5, 0.6) is 0 Å². The topological polar surface area (TPSA) is 64.3 Å². The number of ether oxygens (including phenoxy) is 1. The molecular formula is C12H16ClF3N2O2. The first-order chi connectivity index (χ1) is 8.83. The minimum absolute atomic E-state index is 0. The van der Waals surface area contributed by atoms with Gasteiger partial charge in [0.05, 0.1) is 13.0 Å². The lowest BCUT2D eigenvalue weighted by Gasteiger charge is -2.15.